The van der Waals surface area contributed by atoms with Crippen molar-refractivity contribution in [3.63, 3.8) is 0 Å². The fourth-order valence-electron chi connectivity index (χ4n) is 1.75. The lowest BCUT2D eigenvalue weighted by Crippen LogP contribution is -2.44. The summed E-state index contributed by atoms with van der Waals surface area (Å²) in [6.07, 6.45) is 0.873. The van der Waals surface area contributed by atoms with Crippen molar-refractivity contribution < 1.29 is 18.8 Å². The number of rotatable bonds is 10. The van der Waals surface area contributed by atoms with Gasteiger partial charge in [-0.3, -0.25) is 0 Å². The van der Waals surface area contributed by atoms with Crippen LogP contribution in [-0.2, 0) is 14.0 Å². The number of benzene rings is 1. The molecule has 0 saturated heterocycles. The molecule has 0 aromatic heterocycles. The van der Waals surface area contributed by atoms with Gasteiger partial charge in [0.2, 0.25) is 0 Å². The van der Waals surface area contributed by atoms with Crippen LogP contribution in [0.2, 0.25) is 5.02 Å². The summed E-state index contributed by atoms with van der Waals surface area (Å²) in [4.78, 5) is 0. The first kappa shape index (κ1) is 19.3. The standard InChI is InChI=1S/C16H26BClO4/c1-6-16(3,4)22-17(21-7-2)14-12-13(8-9-15(14)18)20-11-10-19-5/h8-9,12H,6-7,10-11H2,1-5H3. The molecule has 124 valence electrons. The zero-order valence-electron chi connectivity index (χ0n) is 14.1. The van der Waals surface area contributed by atoms with Crippen molar-refractivity contribution in [1.82, 2.24) is 0 Å². The van der Waals surface area contributed by atoms with Crippen molar-refractivity contribution in [2.24, 2.45) is 0 Å². The summed E-state index contributed by atoms with van der Waals surface area (Å²) in [6, 6.07) is 5.49. The van der Waals surface area contributed by atoms with Gasteiger partial charge >= 0.3 is 7.12 Å². The molecule has 4 nitrogen and oxygen atoms in total. The summed E-state index contributed by atoms with van der Waals surface area (Å²) in [6.45, 7) is 9.63. The molecule has 0 aliphatic heterocycles. The van der Waals surface area contributed by atoms with E-state index in [0.717, 1.165) is 17.6 Å². The molecule has 0 radical (unpaired) electrons. The highest BCUT2D eigenvalue weighted by Crippen LogP contribution is 2.20. The average molecular weight is 329 g/mol. The van der Waals surface area contributed by atoms with E-state index in [1.807, 2.05) is 32.9 Å². The van der Waals surface area contributed by atoms with Crippen LogP contribution >= 0.6 is 11.6 Å². The number of hydrogen-bond donors (Lipinski definition) is 0. The summed E-state index contributed by atoms with van der Waals surface area (Å²) in [5.74, 6) is 0.721. The second-order valence-corrected chi connectivity index (χ2v) is 5.95. The van der Waals surface area contributed by atoms with E-state index in [1.165, 1.54) is 0 Å². The van der Waals surface area contributed by atoms with Gasteiger partial charge in [-0.1, -0.05) is 18.5 Å². The highest BCUT2D eigenvalue weighted by atomic mass is 35.5. The van der Waals surface area contributed by atoms with Crippen LogP contribution in [0.5, 0.6) is 5.75 Å². The van der Waals surface area contributed by atoms with Gasteiger partial charge in [-0.05, 0) is 45.4 Å². The maximum Gasteiger partial charge on any atom is 0.495 e. The van der Waals surface area contributed by atoms with Crippen molar-refractivity contribution in [3.8, 4) is 5.75 Å². The molecule has 0 amide bonds. The zero-order valence-corrected chi connectivity index (χ0v) is 14.9. The largest absolute Gasteiger partial charge is 0.495 e. The molecule has 0 bridgehead atoms. The third-order valence-electron chi connectivity index (χ3n) is 3.37. The predicted octanol–water partition coefficient (Wildman–Crippen LogP) is 3.30. The Morgan fingerprint density at radius 3 is 2.50 bits per heavy atom. The lowest BCUT2D eigenvalue weighted by Gasteiger charge is -2.28. The Bertz CT molecular complexity index is 454. The van der Waals surface area contributed by atoms with Crippen LogP contribution in [-0.4, -0.2) is 39.6 Å². The second kappa shape index (κ2) is 9.41. The van der Waals surface area contributed by atoms with Crippen LogP contribution in [0.4, 0.5) is 0 Å². The molecule has 0 aliphatic carbocycles. The number of ether oxygens (including phenoxy) is 2. The predicted molar refractivity (Wildman–Crippen MR) is 91.3 cm³/mol. The molecule has 0 aliphatic rings. The van der Waals surface area contributed by atoms with Crippen LogP contribution in [0.15, 0.2) is 18.2 Å². The zero-order chi connectivity index (χ0) is 16.6. The number of hydrogen-bond acceptors (Lipinski definition) is 4. The molecule has 22 heavy (non-hydrogen) atoms. The smallest absolute Gasteiger partial charge is 0.491 e. The lowest BCUT2D eigenvalue weighted by molar-refractivity contribution is 0.0706. The maximum atomic E-state index is 6.32. The van der Waals surface area contributed by atoms with Gasteiger partial charge < -0.3 is 18.8 Å². The Morgan fingerprint density at radius 2 is 1.91 bits per heavy atom. The minimum absolute atomic E-state index is 0.296. The molecule has 0 N–H and O–H groups in total. The van der Waals surface area contributed by atoms with E-state index in [1.54, 1.807) is 13.2 Å². The van der Waals surface area contributed by atoms with Crippen molar-refractivity contribution in [2.45, 2.75) is 39.7 Å². The third kappa shape index (κ3) is 6.17. The minimum atomic E-state index is -0.515. The first-order chi connectivity index (χ1) is 10.4. The van der Waals surface area contributed by atoms with Gasteiger partial charge in [0.15, 0.2) is 0 Å². The molecule has 0 spiro atoms. The molecule has 0 atom stereocenters. The summed E-state index contributed by atoms with van der Waals surface area (Å²) in [5.41, 5.74) is 0.482. The molecule has 0 heterocycles. The van der Waals surface area contributed by atoms with Crippen LogP contribution in [0.3, 0.4) is 0 Å². The van der Waals surface area contributed by atoms with E-state index in [0.29, 0.717) is 24.8 Å². The summed E-state index contributed by atoms with van der Waals surface area (Å²) in [7, 11) is 1.13. The van der Waals surface area contributed by atoms with Gasteiger partial charge in [0.05, 0.1) is 6.61 Å². The fraction of sp³-hybridized carbons (Fsp3) is 0.625. The van der Waals surface area contributed by atoms with E-state index in [9.17, 15) is 0 Å². The second-order valence-electron chi connectivity index (χ2n) is 5.54. The van der Waals surface area contributed by atoms with Gasteiger partial charge in [-0.15, -0.1) is 0 Å². The molecule has 1 rings (SSSR count). The van der Waals surface area contributed by atoms with Crippen LogP contribution < -0.4 is 10.2 Å². The molecule has 6 heteroatoms. The Kier molecular flexibility index (Phi) is 8.25. The first-order valence-electron chi connectivity index (χ1n) is 7.64. The SMILES string of the molecule is CCOB(OC(C)(C)CC)c1cc(OCCOC)ccc1Cl. The van der Waals surface area contributed by atoms with Gasteiger partial charge in [0, 0.05) is 29.8 Å². The van der Waals surface area contributed by atoms with Crippen LogP contribution in [0.1, 0.15) is 34.1 Å². The monoisotopic (exact) mass is 328 g/mol. The average Bonchev–Trinajstić information content (AvgIpc) is 2.48. The van der Waals surface area contributed by atoms with E-state index in [-0.39, 0.29) is 5.60 Å². The summed E-state index contributed by atoms with van der Waals surface area (Å²) >= 11 is 6.32. The summed E-state index contributed by atoms with van der Waals surface area (Å²) in [5, 5.41) is 0.601. The normalized spacial score (nSPS) is 11.5. The Labute approximate surface area is 139 Å². The van der Waals surface area contributed by atoms with E-state index in [2.05, 4.69) is 6.92 Å². The van der Waals surface area contributed by atoms with Crippen molar-refractivity contribution in [3.05, 3.63) is 23.2 Å². The van der Waals surface area contributed by atoms with Crippen LogP contribution in [0, 0.1) is 0 Å². The van der Waals surface area contributed by atoms with Gasteiger partial charge in [-0.2, -0.15) is 0 Å². The fourth-order valence-corrected chi connectivity index (χ4v) is 1.95. The molecule has 0 unspecified atom stereocenters. The number of halogens is 1. The van der Waals surface area contributed by atoms with Crippen LogP contribution in [0.25, 0.3) is 0 Å². The maximum absolute atomic E-state index is 6.32. The third-order valence-corrected chi connectivity index (χ3v) is 3.72. The molecule has 1 aromatic rings. The highest BCUT2D eigenvalue weighted by molar-refractivity contribution is 6.65. The summed E-state index contributed by atoms with van der Waals surface area (Å²) < 4.78 is 22.4. The first-order valence-corrected chi connectivity index (χ1v) is 8.02. The van der Waals surface area contributed by atoms with Crippen molar-refractivity contribution in [2.75, 3.05) is 26.9 Å². The van der Waals surface area contributed by atoms with Gasteiger partial charge in [0.25, 0.3) is 0 Å². The topological polar surface area (TPSA) is 36.9 Å². The molecule has 0 saturated carbocycles. The van der Waals surface area contributed by atoms with Gasteiger partial charge in [-0.25, -0.2) is 0 Å². The number of methoxy groups -OCH3 is 1. The Hall–Kier alpha value is -0.745. The van der Waals surface area contributed by atoms with E-state index in [4.69, 9.17) is 30.4 Å². The molecular weight excluding hydrogens is 302 g/mol. The highest BCUT2D eigenvalue weighted by Gasteiger charge is 2.31. The lowest BCUT2D eigenvalue weighted by atomic mass is 9.77. The molecule has 1 aromatic carbocycles. The molecule has 0 fully saturated rings. The molecular formula is C16H26BClO4. The van der Waals surface area contributed by atoms with Crippen molar-refractivity contribution >= 4 is 24.2 Å². The Balaban J connectivity index is 2.94. The quantitative estimate of drug-likeness (QED) is 0.488. The van der Waals surface area contributed by atoms with Gasteiger partial charge in [0.1, 0.15) is 12.4 Å². The van der Waals surface area contributed by atoms with Crippen molar-refractivity contribution in [1.29, 1.82) is 0 Å². The van der Waals surface area contributed by atoms with E-state index >= 15 is 0 Å². The Morgan fingerprint density at radius 1 is 1.18 bits per heavy atom. The van der Waals surface area contributed by atoms with E-state index < -0.39 is 7.12 Å². The minimum Gasteiger partial charge on any atom is -0.491 e.